The van der Waals surface area contributed by atoms with Crippen LogP contribution >= 0.6 is 11.6 Å². The molecule has 1 saturated heterocycles. The van der Waals surface area contributed by atoms with Crippen molar-refractivity contribution in [2.75, 3.05) is 50.5 Å². The van der Waals surface area contributed by atoms with E-state index in [9.17, 15) is 32.7 Å². The third kappa shape index (κ3) is 6.95. The number of anilines is 2. The first-order valence-corrected chi connectivity index (χ1v) is 17.6. The first-order valence-electron chi connectivity index (χ1n) is 17.2. The lowest BCUT2D eigenvalue weighted by atomic mass is 10.0. The second-order valence-corrected chi connectivity index (χ2v) is 14.3. The van der Waals surface area contributed by atoms with Crippen LogP contribution in [0.3, 0.4) is 0 Å². The molecule has 0 bridgehead atoms. The van der Waals surface area contributed by atoms with Gasteiger partial charge < -0.3 is 25.1 Å². The van der Waals surface area contributed by atoms with Gasteiger partial charge in [0, 0.05) is 49.8 Å². The van der Waals surface area contributed by atoms with Crippen molar-refractivity contribution in [1.82, 2.24) is 38.9 Å². The van der Waals surface area contributed by atoms with Crippen LogP contribution in [0.4, 0.5) is 28.9 Å². The third-order valence-corrected chi connectivity index (χ3v) is 10.1. The molecule has 1 fully saturated rings. The summed E-state index contributed by atoms with van der Waals surface area (Å²) in [6.07, 6.45) is -3.27. The highest BCUT2D eigenvalue weighted by Gasteiger charge is 2.41. The second-order valence-electron chi connectivity index (χ2n) is 13.9. The quantitative estimate of drug-likeness (QED) is 0.219. The molecule has 2 aliphatic rings. The van der Waals surface area contributed by atoms with Crippen LogP contribution in [0.25, 0.3) is 17.2 Å². The summed E-state index contributed by atoms with van der Waals surface area (Å²) in [5.74, 6) is -2.32. The van der Waals surface area contributed by atoms with Crippen LogP contribution in [0.1, 0.15) is 58.3 Å². The molecule has 2 N–H and O–H groups in total. The van der Waals surface area contributed by atoms with E-state index in [-0.39, 0.29) is 83.3 Å². The molecule has 55 heavy (non-hydrogen) atoms. The molecule has 19 heteroatoms. The summed E-state index contributed by atoms with van der Waals surface area (Å²) in [7, 11) is 3.62. The molecule has 2 aromatic carbocycles. The Morgan fingerprint density at radius 1 is 1.07 bits per heavy atom. The van der Waals surface area contributed by atoms with Crippen LogP contribution in [-0.2, 0) is 17.5 Å². The van der Waals surface area contributed by atoms with Gasteiger partial charge in [-0.15, -0.1) is 5.10 Å². The lowest BCUT2D eigenvalue weighted by Gasteiger charge is -2.36. The summed E-state index contributed by atoms with van der Waals surface area (Å²) in [5, 5.41) is 17.2. The number of hydrogen-bond donors (Lipinski definition) is 2. The van der Waals surface area contributed by atoms with E-state index in [4.69, 9.17) is 11.6 Å². The maximum Gasteiger partial charge on any atom is 0.416 e. The number of amides is 2. The standard InChI is InChI=1S/C36H35ClF4N10O4/c1-18-13-26(32(53)44-25-8-7-22(15-23(25)37)36(39,40)41)50-28(18)29(48-9-11-49(12-10-48)33(54)27-30(52)19(2)42-17-43-27)34(55)51-35(50)45-31(46-51)20-5-6-21(16-47(3)4)24(38)14-20/h5-8,14-15,17-18,26,52H,9-13,16H2,1-4H3,(H,44,53). The fraction of sp³-hybridized carbons (Fsp3) is 0.361. The molecule has 0 saturated carbocycles. The molecule has 2 amide bonds. The highest BCUT2D eigenvalue weighted by atomic mass is 35.5. The zero-order valence-electron chi connectivity index (χ0n) is 30.0. The number of nitrogens with one attached hydrogen (secondary N) is 1. The van der Waals surface area contributed by atoms with E-state index in [1.807, 2.05) is 25.9 Å². The van der Waals surface area contributed by atoms with Crippen molar-refractivity contribution in [2.24, 2.45) is 0 Å². The van der Waals surface area contributed by atoms with Gasteiger partial charge in [0.1, 0.15) is 23.9 Å². The van der Waals surface area contributed by atoms with Crippen molar-refractivity contribution in [3.05, 3.63) is 92.1 Å². The molecular weight excluding hydrogens is 748 g/mol. The number of nitrogens with zero attached hydrogens (tertiary/aromatic N) is 9. The largest absolute Gasteiger partial charge is 0.504 e. The number of hydrogen-bond acceptors (Lipinski definition) is 10. The number of aryl methyl sites for hydroxylation is 1. The van der Waals surface area contributed by atoms with Gasteiger partial charge in [0.15, 0.2) is 17.3 Å². The molecule has 2 aliphatic heterocycles. The van der Waals surface area contributed by atoms with Gasteiger partial charge in [0.25, 0.3) is 11.5 Å². The van der Waals surface area contributed by atoms with Crippen LogP contribution < -0.4 is 15.8 Å². The summed E-state index contributed by atoms with van der Waals surface area (Å²) < 4.78 is 57.8. The molecule has 2 unspecified atom stereocenters. The minimum atomic E-state index is -4.64. The number of carbonyl (C=O) groups is 2. The molecular formula is C36H35ClF4N10O4. The van der Waals surface area contributed by atoms with E-state index in [1.165, 1.54) is 17.3 Å². The summed E-state index contributed by atoms with van der Waals surface area (Å²) in [6, 6.07) is 6.10. The third-order valence-electron chi connectivity index (χ3n) is 9.80. The van der Waals surface area contributed by atoms with Crippen LogP contribution in [0, 0.1) is 12.7 Å². The predicted molar refractivity (Wildman–Crippen MR) is 194 cm³/mol. The van der Waals surface area contributed by atoms with Crippen molar-refractivity contribution in [3.8, 4) is 17.1 Å². The van der Waals surface area contributed by atoms with Gasteiger partial charge in [-0.2, -0.15) is 22.7 Å². The minimum Gasteiger partial charge on any atom is -0.504 e. The SMILES string of the molecule is Cc1ncnc(C(=O)N2CCN(c3c4n(c5nc(-c6ccc(CN(C)C)c(F)c6)nn5c3=O)C(C(=O)Nc3ccc(C(F)(F)F)cc3Cl)CC4C)CC2)c1O. The van der Waals surface area contributed by atoms with Gasteiger partial charge in [-0.25, -0.2) is 14.4 Å². The van der Waals surface area contributed by atoms with Crippen molar-refractivity contribution < 1.29 is 32.3 Å². The molecule has 5 aromatic rings. The highest BCUT2D eigenvalue weighted by molar-refractivity contribution is 6.33. The Balaban J connectivity index is 1.29. The fourth-order valence-electron chi connectivity index (χ4n) is 7.07. The van der Waals surface area contributed by atoms with Gasteiger partial charge in [0.2, 0.25) is 11.7 Å². The molecule has 0 aliphatic carbocycles. The number of aromatic hydroxyl groups is 1. The Hall–Kier alpha value is -5.62. The maximum absolute atomic E-state index is 15.2. The van der Waals surface area contributed by atoms with E-state index < -0.39 is 46.9 Å². The second kappa shape index (κ2) is 14.2. The number of piperazine rings is 1. The van der Waals surface area contributed by atoms with E-state index in [1.54, 1.807) is 28.5 Å². The lowest BCUT2D eigenvalue weighted by molar-refractivity contribution is -0.137. The van der Waals surface area contributed by atoms with Crippen molar-refractivity contribution in [3.63, 3.8) is 0 Å². The van der Waals surface area contributed by atoms with Gasteiger partial charge in [-0.1, -0.05) is 30.7 Å². The number of carbonyl (C=O) groups excluding carboxylic acids is 2. The van der Waals surface area contributed by atoms with Crippen LogP contribution in [-0.4, -0.2) is 96.1 Å². The Labute approximate surface area is 316 Å². The number of fused-ring (bicyclic) bond motifs is 3. The zero-order chi connectivity index (χ0) is 39.5. The molecule has 5 heterocycles. The molecule has 288 valence electrons. The molecule has 3 aromatic heterocycles. The topological polar surface area (TPSA) is 154 Å². The maximum atomic E-state index is 15.2. The van der Waals surface area contributed by atoms with Crippen molar-refractivity contribution in [2.45, 2.75) is 44.9 Å². The molecule has 0 radical (unpaired) electrons. The number of alkyl halides is 3. The van der Waals surface area contributed by atoms with Crippen LogP contribution in [0.2, 0.25) is 5.02 Å². The Morgan fingerprint density at radius 3 is 2.45 bits per heavy atom. The number of rotatable bonds is 7. The van der Waals surface area contributed by atoms with Crippen molar-refractivity contribution >= 4 is 40.6 Å². The Morgan fingerprint density at radius 2 is 1.80 bits per heavy atom. The fourth-order valence-corrected chi connectivity index (χ4v) is 7.30. The number of aromatic nitrogens is 6. The first-order chi connectivity index (χ1) is 26.0. The van der Waals surface area contributed by atoms with E-state index in [0.717, 1.165) is 22.7 Å². The average molecular weight is 783 g/mol. The van der Waals surface area contributed by atoms with Crippen LogP contribution in [0.15, 0.2) is 47.5 Å². The average Bonchev–Trinajstić information content (AvgIpc) is 3.73. The number of halogens is 5. The summed E-state index contributed by atoms with van der Waals surface area (Å²) in [6.45, 7) is 4.42. The lowest BCUT2D eigenvalue weighted by Crippen LogP contribution is -2.51. The number of benzene rings is 2. The first kappa shape index (κ1) is 37.7. The molecule has 7 rings (SSSR count). The van der Waals surface area contributed by atoms with Gasteiger partial charge >= 0.3 is 6.18 Å². The summed E-state index contributed by atoms with van der Waals surface area (Å²) in [4.78, 5) is 59.4. The minimum absolute atomic E-state index is 0.00274. The summed E-state index contributed by atoms with van der Waals surface area (Å²) in [5.41, 5.74) is -0.0426. The smallest absolute Gasteiger partial charge is 0.416 e. The normalized spacial score (nSPS) is 17.3. The molecule has 14 nitrogen and oxygen atoms in total. The van der Waals surface area contributed by atoms with Crippen LogP contribution in [0.5, 0.6) is 5.75 Å². The molecule has 0 spiro atoms. The Bertz CT molecular complexity index is 2410. The van der Waals surface area contributed by atoms with E-state index in [2.05, 4.69) is 25.4 Å². The van der Waals surface area contributed by atoms with Gasteiger partial charge in [-0.05, 0) is 51.7 Å². The monoisotopic (exact) mass is 782 g/mol. The van der Waals surface area contributed by atoms with Crippen molar-refractivity contribution in [1.29, 1.82) is 0 Å². The predicted octanol–water partition coefficient (Wildman–Crippen LogP) is 4.88. The van der Waals surface area contributed by atoms with Gasteiger partial charge in [0.05, 0.1) is 27.7 Å². The van der Waals surface area contributed by atoms with E-state index in [0.29, 0.717) is 17.8 Å². The van der Waals surface area contributed by atoms with Gasteiger partial charge in [-0.3, -0.25) is 19.0 Å². The van der Waals surface area contributed by atoms with E-state index >= 15 is 4.39 Å². The summed E-state index contributed by atoms with van der Waals surface area (Å²) >= 11 is 6.19. The Kier molecular flexibility index (Phi) is 9.75. The molecule has 2 atom stereocenters. The highest BCUT2D eigenvalue weighted by Crippen LogP contribution is 2.42. The zero-order valence-corrected chi connectivity index (χ0v) is 30.8.